The number of carbonyl (C=O) groups is 2. The van der Waals surface area contributed by atoms with E-state index in [-0.39, 0.29) is 29.0 Å². The Labute approximate surface area is 227 Å². The van der Waals surface area contributed by atoms with Crippen molar-refractivity contribution in [1.82, 2.24) is 9.88 Å². The third-order valence-electron chi connectivity index (χ3n) is 11.3. The number of piperazine rings is 1. The number of hydrogen-bond donors (Lipinski definition) is 1. The van der Waals surface area contributed by atoms with Gasteiger partial charge in [-0.3, -0.25) is 14.5 Å². The van der Waals surface area contributed by atoms with Gasteiger partial charge < -0.3 is 10.0 Å². The molecule has 37 heavy (non-hydrogen) atoms. The lowest BCUT2D eigenvalue weighted by Crippen LogP contribution is -2.60. The third-order valence-corrected chi connectivity index (χ3v) is 11.3. The van der Waals surface area contributed by atoms with Crippen molar-refractivity contribution in [3.63, 3.8) is 0 Å². The number of hydrogen-bond acceptors (Lipinski definition) is 6. The largest absolute Gasteiger partial charge is 0.381 e. The molecular weight excluding hydrogens is 486 g/mol. The van der Waals surface area contributed by atoms with Crippen LogP contribution < -0.4 is 4.90 Å². The first-order valence-corrected chi connectivity index (χ1v) is 14.1. The first-order valence-electron chi connectivity index (χ1n) is 14.1. The topological polar surface area (TPSA) is 73.7 Å². The molecule has 1 saturated heterocycles. The summed E-state index contributed by atoms with van der Waals surface area (Å²) in [6, 6.07) is 5.98. The Morgan fingerprint density at radius 3 is 2.51 bits per heavy atom. The molecule has 6 rings (SSSR count). The van der Waals surface area contributed by atoms with Crippen molar-refractivity contribution in [1.29, 1.82) is 0 Å². The predicted molar refractivity (Wildman–Crippen MR) is 147 cm³/mol. The van der Waals surface area contributed by atoms with Gasteiger partial charge in [0.15, 0.2) is 11.6 Å². The number of halogens is 1. The van der Waals surface area contributed by atoms with Crippen molar-refractivity contribution in [3.05, 3.63) is 36.0 Å². The van der Waals surface area contributed by atoms with Gasteiger partial charge in [-0.15, -0.1) is 12.4 Å². The fourth-order valence-electron chi connectivity index (χ4n) is 9.04. The smallest absolute Gasteiger partial charge is 0.178 e. The summed E-state index contributed by atoms with van der Waals surface area (Å²) in [6.45, 7) is 8.28. The van der Waals surface area contributed by atoms with Gasteiger partial charge in [0.1, 0.15) is 11.4 Å². The number of anilines is 1. The second-order valence-electron chi connectivity index (χ2n) is 12.7. The summed E-state index contributed by atoms with van der Waals surface area (Å²) in [4.78, 5) is 34.8. The molecule has 3 saturated carbocycles. The van der Waals surface area contributed by atoms with Gasteiger partial charge in [0.05, 0.1) is 6.54 Å². The minimum absolute atomic E-state index is 0. The summed E-state index contributed by atoms with van der Waals surface area (Å²) in [5.74, 6) is 2.82. The second kappa shape index (κ2) is 9.77. The van der Waals surface area contributed by atoms with Crippen LogP contribution in [0, 0.1) is 28.6 Å². The van der Waals surface area contributed by atoms with E-state index in [4.69, 9.17) is 0 Å². The Morgan fingerprint density at radius 2 is 1.78 bits per heavy atom. The van der Waals surface area contributed by atoms with Crippen LogP contribution in [-0.4, -0.2) is 64.9 Å². The van der Waals surface area contributed by atoms with Gasteiger partial charge in [0.2, 0.25) is 0 Å². The first-order chi connectivity index (χ1) is 17.2. The third kappa shape index (κ3) is 4.18. The summed E-state index contributed by atoms with van der Waals surface area (Å²) >= 11 is 0. The van der Waals surface area contributed by atoms with Gasteiger partial charge in [0.25, 0.3) is 0 Å². The van der Waals surface area contributed by atoms with Gasteiger partial charge in [-0.25, -0.2) is 4.98 Å². The molecule has 0 spiro atoms. The van der Waals surface area contributed by atoms with Crippen molar-refractivity contribution >= 4 is 29.8 Å². The van der Waals surface area contributed by atoms with E-state index in [1.807, 2.05) is 30.5 Å². The molecule has 6 atom stereocenters. The average molecular weight is 528 g/mol. The zero-order valence-electron chi connectivity index (χ0n) is 22.3. The lowest BCUT2D eigenvalue weighted by Gasteiger charge is -2.59. The lowest BCUT2D eigenvalue weighted by atomic mass is 9.46. The van der Waals surface area contributed by atoms with E-state index in [1.165, 1.54) is 5.57 Å². The summed E-state index contributed by atoms with van der Waals surface area (Å²) < 4.78 is 0. The molecule has 202 valence electrons. The average Bonchev–Trinajstić information content (AvgIpc) is 3.17. The van der Waals surface area contributed by atoms with Crippen molar-refractivity contribution < 1.29 is 14.7 Å². The Balaban J connectivity index is 0.00000280. The monoisotopic (exact) mass is 527 g/mol. The fraction of sp³-hybridized carbons (Fsp3) is 0.700. The van der Waals surface area contributed by atoms with Crippen LogP contribution in [0.1, 0.15) is 65.2 Å². The highest BCUT2D eigenvalue weighted by Gasteiger charge is 2.66. The molecule has 0 aromatic carbocycles. The molecule has 4 fully saturated rings. The molecule has 6 nitrogen and oxygen atoms in total. The number of pyridine rings is 1. The van der Waals surface area contributed by atoms with Crippen molar-refractivity contribution in [2.24, 2.45) is 28.6 Å². The summed E-state index contributed by atoms with van der Waals surface area (Å²) in [6.07, 6.45) is 11.0. The zero-order chi connectivity index (χ0) is 25.1. The number of nitrogens with zero attached hydrogens (tertiary/aromatic N) is 3. The standard InChI is InChI=1S/C30H41N3O3.ClH/c1-28-11-8-22(34)19-21(28)6-7-23-24(28)9-12-29(2)25(23)10-13-30(29,36)26(35)20-32-15-17-33(18-16-32)27-5-3-4-14-31-27;/h3-5,14,19,23-25,36H,6-13,15-18,20H2,1-2H3;1H/t23-,24+,25+,28+,29+,30+;/m1./s1. The highest BCUT2D eigenvalue weighted by atomic mass is 35.5. The molecule has 0 bridgehead atoms. The highest BCUT2D eigenvalue weighted by molar-refractivity contribution is 5.92. The molecule has 1 aliphatic heterocycles. The molecule has 7 heteroatoms. The Bertz CT molecular complexity index is 1070. The number of Topliss-reactive ketones (excluding diaryl/α,β-unsaturated/α-hetero) is 1. The van der Waals surface area contributed by atoms with E-state index in [0.717, 1.165) is 70.5 Å². The van der Waals surface area contributed by atoms with E-state index in [2.05, 4.69) is 28.6 Å². The molecule has 0 radical (unpaired) electrons. The van der Waals surface area contributed by atoms with Crippen LogP contribution in [0.25, 0.3) is 0 Å². The molecule has 1 N–H and O–H groups in total. The fourth-order valence-corrected chi connectivity index (χ4v) is 9.04. The molecule has 5 aliphatic rings. The number of aliphatic hydroxyl groups is 1. The van der Waals surface area contributed by atoms with Crippen molar-refractivity contribution in [3.8, 4) is 0 Å². The lowest BCUT2D eigenvalue weighted by molar-refractivity contribution is -0.163. The minimum Gasteiger partial charge on any atom is -0.381 e. The van der Waals surface area contributed by atoms with E-state index < -0.39 is 5.60 Å². The maximum Gasteiger partial charge on any atom is 0.178 e. The molecule has 2 heterocycles. The number of carbonyl (C=O) groups excluding carboxylic acids is 2. The second-order valence-corrected chi connectivity index (χ2v) is 12.7. The number of aromatic nitrogens is 1. The summed E-state index contributed by atoms with van der Waals surface area (Å²) in [7, 11) is 0. The number of allylic oxidation sites excluding steroid dienone is 1. The Hall–Kier alpha value is -1.76. The van der Waals surface area contributed by atoms with Crippen molar-refractivity contribution in [2.75, 3.05) is 37.6 Å². The van der Waals surface area contributed by atoms with Crippen molar-refractivity contribution in [2.45, 2.75) is 70.8 Å². The van der Waals surface area contributed by atoms with Crippen LogP contribution in [-0.2, 0) is 9.59 Å². The highest BCUT2D eigenvalue weighted by Crippen LogP contribution is 2.67. The molecule has 0 unspecified atom stereocenters. The van der Waals surface area contributed by atoms with E-state index in [0.29, 0.717) is 42.9 Å². The SMILES string of the molecule is C[C@]12CCC(=O)C=C1CC[C@@H]1[C@@H]2CC[C@@]2(C)[C@H]1CC[C@]2(O)C(=O)CN1CCN(c2ccccn2)CC1.Cl. The predicted octanol–water partition coefficient (Wildman–Crippen LogP) is 4.46. The van der Waals surface area contributed by atoms with Crippen LogP contribution in [0.5, 0.6) is 0 Å². The summed E-state index contributed by atoms with van der Waals surface area (Å²) in [5.41, 5.74) is -0.0719. The number of ketones is 2. The van der Waals surface area contributed by atoms with Crippen LogP contribution >= 0.6 is 12.4 Å². The number of rotatable bonds is 4. The quantitative estimate of drug-likeness (QED) is 0.623. The first kappa shape index (κ1) is 26.8. The van der Waals surface area contributed by atoms with Crippen LogP contribution in [0.15, 0.2) is 36.0 Å². The van der Waals surface area contributed by atoms with Gasteiger partial charge >= 0.3 is 0 Å². The maximum absolute atomic E-state index is 13.8. The molecule has 4 aliphatic carbocycles. The zero-order valence-corrected chi connectivity index (χ0v) is 23.1. The van der Waals surface area contributed by atoms with Gasteiger partial charge in [-0.05, 0) is 86.3 Å². The van der Waals surface area contributed by atoms with E-state index >= 15 is 0 Å². The van der Waals surface area contributed by atoms with Gasteiger partial charge in [-0.1, -0.05) is 25.5 Å². The van der Waals surface area contributed by atoms with Gasteiger partial charge in [-0.2, -0.15) is 0 Å². The Kier molecular flexibility index (Phi) is 7.08. The molecule has 1 aromatic heterocycles. The summed E-state index contributed by atoms with van der Waals surface area (Å²) in [5, 5.41) is 12.0. The van der Waals surface area contributed by atoms with Crippen LogP contribution in [0.3, 0.4) is 0 Å². The van der Waals surface area contributed by atoms with Gasteiger partial charge in [0, 0.05) is 44.2 Å². The van der Waals surface area contributed by atoms with E-state index in [9.17, 15) is 14.7 Å². The minimum atomic E-state index is -1.22. The Morgan fingerprint density at radius 1 is 1.03 bits per heavy atom. The molecular formula is C30H42ClN3O3. The molecule has 1 aromatic rings. The molecule has 0 amide bonds. The number of fused-ring (bicyclic) bond motifs is 5. The normalized spacial score (nSPS) is 39.6. The van der Waals surface area contributed by atoms with E-state index in [1.54, 1.807) is 0 Å². The maximum atomic E-state index is 13.8. The van der Waals surface area contributed by atoms with Crippen LogP contribution in [0.2, 0.25) is 0 Å². The van der Waals surface area contributed by atoms with Crippen LogP contribution in [0.4, 0.5) is 5.82 Å².